The molecule has 1 aliphatic rings. The molecule has 0 atom stereocenters. The van der Waals surface area contributed by atoms with E-state index < -0.39 is 0 Å². The van der Waals surface area contributed by atoms with Gasteiger partial charge in [0.2, 0.25) is 0 Å². The fourth-order valence-corrected chi connectivity index (χ4v) is 4.53. The number of fused-ring (bicyclic) bond motifs is 4. The van der Waals surface area contributed by atoms with Crippen LogP contribution in [0.5, 0.6) is 0 Å². The van der Waals surface area contributed by atoms with Crippen LogP contribution >= 0.6 is 0 Å². The SMILES string of the molecule is CC1(C)c2ccccc2-c2cccc(-c3cccc4ccccc34)c21. The topological polar surface area (TPSA) is 0 Å². The Labute approximate surface area is 148 Å². The van der Waals surface area contributed by atoms with E-state index in [4.69, 9.17) is 0 Å². The van der Waals surface area contributed by atoms with Crippen molar-refractivity contribution in [3.8, 4) is 22.3 Å². The molecule has 0 heteroatoms. The molecule has 0 radical (unpaired) electrons. The lowest BCUT2D eigenvalue weighted by Crippen LogP contribution is -2.16. The molecule has 0 unspecified atom stereocenters. The highest BCUT2D eigenvalue weighted by atomic mass is 14.4. The van der Waals surface area contributed by atoms with Crippen molar-refractivity contribution in [1.29, 1.82) is 0 Å². The largest absolute Gasteiger partial charge is 0.0619 e. The van der Waals surface area contributed by atoms with E-state index in [0.717, 1.165) is 0 Å². The molecule has 4 aromatic rings. The normalized spacial score (nSPS) is 14.3. The number of hydrogen-bond donors (Lipinski definition) is 0. The van der Waals surface area contributed by atoms with Crippen LogP contribution in [0.15, 0.2) is 84.9 Å². The van der Waals surface area contributed by atoms with Crippen LogP contribution in [0.25, 0.3) is 33.0 Å². The molecule has 25 heavy (non-hydrogen) atoms. The summed E-state index contributed by atoms with van der Waals surface area (Å²) in [6.07, 6.45) is 0. The average Bonchev–Trinajstić information content (AvgIpc) is 2.90. The van der Waals surface area contributed by atoms with Gasteiger partial charge in [0.05, 0.1) is 0 Å². The molecule has 0 spiro atoms. The van der Waals surface area contributed by atoms with Gasteiger partial charge in [0, 0.05) is 5.41 Å². The number of rotatable bonds is 1. The first-order valence-electron chi connectivity index (χ1n) is 8.89. The van der Waals surface area contributed by atoms with Crippen LogP contribution in [0.2, 0.25) is 0 Å². The predicted octanol–water partition coefficient (Wildman–Crippen LogP) is 6.81. The molecule has 120 valence electrons. The molecule has 0 amide bonds. The van der Waals surface area contributed by atoms with Crippen molar-refractivity contribution in [2.75, 3.05) is 0 Å². The van der Waals surface area contributed by atoms with Crippen molar-refractivity contribution in [2.24, 2.45) is 0 Å². The van der Waals surface area contributed by atoms with Gasteiger partial charge in [-0.2, -0.15) is 0 Å². The predicted molar refractivity (Wildman–Crippen MR) is 107 cm³/mol. The highest BCUT2D eigenvalue weighted by molar-refractivity contribution is 6.00. The second-order valence-corrected chi connectivity index (χ2v) is 7.43. The van der Waals surface area contributed by atoms with Crippen LogP contribution in [-0.4, -0.2) is 0 Å². The summed E-state index contributed by atoms with van der Waals surface area (Å²) in [7, 11) is 0. The van der Waals surface area contributed by atoms with Gasteiger partial charge in [-0.1, -0.05) is 98.8 Å². The third-order valence-electron chi connectivity index (χ3n) is 5.66. The molecular formula is C25H20. The molecule has 4 aromatic carbocycles. The Balaban J connectivity index is 1.87. The van der Waals surface area contributed by atoms with Gasteiger partial charge in [0.15, 0.2) is 0 Å². The lowest BCUT2D eigenvalue weighted by atomic mass is 9.78. The van der Waals surface area contributed by atoms with Crippen LogP contribution in [0.1, 0.15) is 25.0 Å². The van der Waals surface area contributed by atoms with Gasteiger partial charge in [-0.25, -0.2) is 0 Å². The summed E-state index contributed by atoms with van der Waals surface area (Å²) in [6.45, 7) is 4.71. The molecule has 0 saturated carbocycles. The summed E-state index contributed by atoms with van der Waals surface area (Å²) in [5, 5.41) is 2.62. The van der Waals surface area contributed by atoms with E-state index in [1.807, 2.05) is 0 Å². The number of hydrogen-bond acceptors (Lipinski definition) is 0. The maximum absolute atomic E-state index is 2.35. The third-order valence-corrected chi connectivity index (χ3v) is 5.66. The lowest BCUT2D eigenvalue weighted by Gasteiger charge is -2.25. The highest BCUT2D eigenvalue weighted by Gasteiger charge is 2.37. The molecule has 0 aliphatic heterocycles. The van der Waals surface area contributed by atoms with Crippen molar-refractivity contribution in [2.45, 2.75) is 19.3 Å². The Kier molecular flexibility index (Phi) is 2.93. The average molecular weight is 320 g/mol. The van der Waals surface area contributed by atoms with Gasteiger partial charge in [0.25, 0.3) is 0 Å². The monoisotopic (exact) mass is 320 g/mol. The maximum Gasteiger partial charge on any atom is 0.0165 e. The number of benzene rings is 4. The van der Waals surface area contributed by atoms with Gasteiger partial charge in [-0.15, -0.1) is 0 Å². The van der Waals surface area contributed by atoms with E-state index in [1.165, 1.54) is 44.2 Å². The molecule has 1 aliphatic carbocycles. The van der Waals surface area contributed by atoms with Crippen LogP contribution < -0.4 is 0 Å². The quantitative estimate of drug-likeness (QED) is 0.361. The van der Waals surface area contributed by atoms with Gasteiger partial charge in [0.1, 0.15) is 0 Å². The molecule has 0 N–H and O–H groups in total. The second-order valence-electron chi connectivity index (χ2n) is 7.43. The summed E-state index contributed by atoms with van der Waals surface area (Å²) < 4.78 is 0. The summed E-state index contributed by atoms with van der Waals surface area (Å²) in [4.78, 5) is 0. The summed E-state index contributed by atoms with van der Waals surface area (Å²) in [5.74, 6) is 0. The summed E-state index contributed by atoms with van der Waals surface area (Å²) >= 11 is 0. The zero-order valence-electron chi connectivity index (χ0n) is 14.6. The molecule has 0 nitrogen and oxygen atoms in total. The minimum atomic E-state index is 0.0134. The molecule has 0 aromatic heterocycles. The minimum absolute atomic E-state index is 0.0134. The molecule has 0 fully saturated rings. The molecular weight excluding hydrogens is 300 g/mol. The highest BCUT2D eigenvalue weighted by Crippen LogP contribution is 2.52. The second kappa shape index (κ2) is 5.07. The molecule has 5 rings (SSSR count). The van der Waals surface area contributed by atoms with Crippen LogP contribution in [-0.2, 0) is 5.41 Å². The first-order valence-corrected chi connectivity index (χ1v) is 8.89. The molecule has 0 bridgehead atoms. The minimum Gasteiger partial charge on any atom is -0.0619 e. The Morgan fingerprint density at radius 1 is 0.520 bits per heavy atom. The van der Waals surface area contributed by atoms with E-state index in [-0.39, 0.29) is 5.41 Å². The lowest BCUT2D eigenvalue weighted by molar-refractivity contribution is 0.662. The fraction of sp³-hybridized carbons (Fsp3) is 0.120. The van der Waals surface area contributed by atoms with Crippen molar-refractivity contribution in [1.82, 2.24) is 0 Å². The van der Waals surface area contributed by atoms with E-state index in [0.29, 0.717) is 0 Å². The first-order chi connectivity index (χ1) is 12.2. The van der Waals surface area contributed by atoms with Crippen molar-refractivity contribution >= 4 is 10.8 Å². The van der Waals surface area contributed by atoms with Crippen molar-refractivity contribution in [3.63, 3.8) is 0 Å². The smallest absolute Gasteiger partial charge is 0.0165 e. The Morgan fingerprint density at radius 2 is 1.08 bits per heavy atom. The summed E-state index contributed by atoms with van der Waals surface area (Å²) in [5.41, 5.74) is 8.34. The van der Waals surface area contributed by atoms with Crippen molar-refractivity contribution in [3.05, 3.63) is 96.1 Å². The van der Waals surface area contributed by atoms with Crippen LogP contribution in [0.4, 0.5) is 0 Å². The fourth-order valence-electron chi connectivity index (χ4n) is 4.53. The molecule has 0 saturated heterocycles. The Morgan fingerprint density at radius 3 is 1.96 bits per heavy atom. The van der Waals surface area contributed by atoms with Gasteiger partial charge < -0.3 is 0 Å². The standard InChI is InChI=1S/C25H20/c1-25(2)23-16-6-5-12-20(23)22-15-8-14-21(24(22)25)19-13-7-10-17-9-3-4-11-18(17)19/h3-16H,1-2H3. The zero-order valence-corrected chi connectivity index (χ0v) is 14.6. The van der Waals surface area contributed by atoms with Crippen LogP contribution in [0, 0.1) is 0 Å². The first kappa shape index (κ1) is 14.5. The van der Waals surface area contributed by atoms with Crippen molar-refractivity contribution < 1.29 is 0 Å². The summed E-state index contributed by atoms with van der Waals surface area (Å²) in [6, 6.07) is 30.9. The van der Waals surface area contributed by atoms with Crippen LogP contribution in [0.3, 0.4) is 0 Å². The zero-order chi connectivity index (χ0) is 17.0. The Bertz CT molecular complexity index is 1110. The van der Waals surface area contributed by atoms with E-state index in [9.17, 15) is 0 Å². The van der Waals surface area contributed by atoms with E-state index in [1.54, 1.807) is 0 Å². The Hall–Kier alpha value is -2.86. The van der Waals surface area contributed by atoms with Gasteiger partial charge in [-0.05, 0) is 44.2 Å². The van der Waals surface area contributed by atoms with E-state index in [2.05, 4.69) is 98.8 Å². The van der Waals surface area contributed by atoms with Gasteiger partial charge >= 0.3 is 0 Å². The molecule has 0 heterocycles. The van der Waals surface area contributed by atoms with E-state index >= 15 is 0 Å². The van der Waals surface area contributed by atoms with Gasteiger partial charge in [-0.3, -0.25) is 0 Å². The maximum atomic E-state index is 2.35. The third kappa shape index (κ3) is 1.94.